The van der Waals surface area contributed by atoms with Crippen LogP contribution in [0.25, 0.3) is 50.1 Å². The summed E-state index contributed by atoms with van der Waals surface area (Å²) in [5.74, 6) is 0. The number of anilines is 10. The molecule has 0 aliphatic carbocycles. The molecule has 0 aliphatic heterocycles. The van der Waals surface area contributed by atoms with E-state index in [4.69, 9.17) is 0 Å². The molecule has 0 fully saturated rings. The van der Waals surface area contributed by atoms with E-state index in [9.17, 15) is 0 Å². The van der Waals surface area contributed by atoms with Crippen LogP contribution < -0.4 is 19.6 Å². The molecule has 4 nitrogen and oxygen atoms in total. The zero-order chi connectivity index (χ0) is 66.0. The Morgan fingerprint density at radius 3 is 1.02 bits per heavy atom. The number of hydrogen-bond donors (Lipinski definition) is 0. The Bertz CT molecular complexity index is 4740. The van der Waals surface area contributed by atoms with E-state index in [2.05, 4.69) is 428 Å². The molecular weight excluding hydrogens is 1170 g/mol. The summed E-state index contributed by atoms with van der Waals surface area (Å²) in [6.07, 6.45) is 16.9. The van der Waals surface area contributed by atoms with Crippen LogP contribution in [-0.4, -0.2) is 6.04 Å². The van der Waals surface area contributed by atoms with Gasteiger partial charge in [-0.05, 0) is 214 Å². The maximum Gasteiger partial charge on any atom is 0.0522 e. The first-order valence-electron chi connectivity index (χ1n) is 33.5. The van der Waals surface area contributed by atoms with Crippen LogP contribution in [0.3, 0.4) is 0 Å². The number of hydrogen-bond acceptors (Lipinski definition) is 4. The molecule has 0 amide bonds. The highest BCUT2D eigenvalue weighted by Crippen LogP contribution is 2.40. The molecule has 0 saturated carbocycles. The second kappa shape index (κ2) is 31.1. The van der Waals surface area contributed by atoms with Crippen molar-refractivity contribution in [2.75, 3.05) is 19.6 Å². The molecule has 1 unspecified atom stereocenters. The van der Waals surface area contributed by atoms with Crippen molar-refractivity contribution in [2.24, 2.45) is 0 Å². The van der Waals surface area contributed by atoms with Crippen LogP contribution in [0.4, 0.5) is 56.9 Å². The highest BCUT2D eigenvalue weighted by Gasteiger charge is 2.20. The summed E-state index contributed by atoms with van der Waals surface area (Å²) in [6, 6.07) is 126. The normalized spacial score (nSPS) is 11.9. The van der Waals surface area contributed by atoms with Crippen molar-refractivity contribution >= 4 is 62.4 Å². The summed E-state index contributed by atoms with van der Waals surface area (Å²) < 4.78 is 0. The van der Waals surface area contributed by atoms with Crippen molar-refractivity contribution in [2.45, 2.75) is 32.7 Å². The summed E-state index contributed by atoms with van der Waals surface area (Å²) in [5.41, 5.74) is 25.0. The molecule has 0 bridgehead atoms. The second-order valence-corrected chi connectivity index (χ2v) is 23.9. The highest BCUT2D eigenvalue weighted by molar-refractivity contribution is 5.83. The van der Waals surface area contributed by atoms with Crippen LogP contribution in [0.15, 0.2) is 407 Å². The van der Waals surface area contributed by atoms with Gasteiger partial charge < -0.3 is 19.6 Å². The first-order valence-corrected chi connectivity index (χ1v) is 33.5. The fourth-order valence-corrected chi connectivity index (χ4v) is 12.7. The van der Waals surface area contributed by atoms with Gasteiger partial charge in [-0.1, -0.05) is 274 Å². The van der Waals surface area contributed by atoms with Crippen molar-refractivity contribution in [3.63, 3.8) is 0 Å². The van der Waals surface area contributed by atoms with Gasteiger partial charge in [0.1, 0.15) is 0 Å². The molecule has 13 aromatic rings. The molecule has 97 heavy (non-hydrogen) atoms. The molecule has 470 valence electrons. The highest BCUT2D eigenvalue weighted by atomic mass is 15.2. The molecule has 1 atom stereocenters. The Balaban J connectivity index is 0.685. The van der Waals surface area contributed by atoms with Gasteiger partial charge in [0, 0.05) is 62.6 Å². The van der Waals surface area contributed by atoms with Gasteiger partial charge in [0.25, 0.3) is 0 Å². The summed E-state index contributed by atoms with van der Waals surface area (Å²) in [4.78, 5) is 9.39. The van der Waals surface area contributed by atoms with Gasteiger partial charge in [0.15, 0.2) is 0 Å². The van der Waals surface area contributed by atoms with Gasteiger partial charge in [-0.2, -0.15) is 0 Å². The van der Waals surface area contributed by atoms with Gasteiger partial charge in [-0.15, -0.1) is 0 Å². The molecule has 0 radical (unpaired) electrons. The molecule has 0 saturated heterocycles. The van der Waals surface area contributed by atoms with Gasteiger partial charge in [-0.3, -0.25) is 0 Å². The zero-order valence-corrected chi connectivity index (χ0v) is 55.0. The van der Waals surface area contributed by atoms with Crippen LogP contribution in [0.5, 0.6) is 0 Å². The smallest absolute Gasteiger partial charge is 0.0522 e. The van der Waals surface area contributed by atoms with Crippen LogP contribution in [-0.2, 0) is 6.42 Å². The van der Waals surface area contributed by atoms with Crippen molar-refractivity contribution in [3.05, 3.63) is 418 Å². The zero-order valence-electron chi connectivity index (χ0n) is 55.0. The Kier molecular flexibility index (Phi) is 20.4. The summed E-state index contributed by atoms with van der Waals surface area (Å²) >= 11 is 0. The van der Waals surface area contributed by atoms with E-state index in [0.717, 1.165) is 103 Å². The van der Waals surface area contributed by atoms with Gasteiger partial charge in [0.2, 0.25) is 0 Å². The standard InChI is InChI=1S/C93H78N4/c1-4-26-83(40-25-27-71-41-58-88(59-42-71)96(86-36-21-11-22-37-86)92-65-50-78(51-66-92)73-28-13-7-14-29-73)95(85-34-19-10-20-35-85)90-69-56-81(57-70-90)77-45-43-76(44-46-77)80-54-63-89(64-55-80)94(84-32-17-9-18-33-84)82(6-3)60-47-72(5-2)75-48-61-91(62-49-75)97(87-38-23-12-24-39-87)93-67-52-79(53-68-93)74-30-15-8-16-31-74/h4-5,7-26,28-70,82H,1,6,27H2,2-3H3/b40-25-,60-47-,72-5+,83-26+. The maximum absolute atomic E-state index is 4.15. The van der Waals surface area contributed by atoms with Crippen molar-refractivity contribution in [1.29, 1.82) is 0 Å². The summed E-state index contributed by atoms with van der Waals surface area (Å²) in [7, 11) is 0. The third-order valence-corrected chi connectivity index (χ3v) is 17.8. The Hall–Kier alpha value is -12.2. The van der Waals surface area contributed by atoms with Crippen molar-refractivity contribution in [3.8, 4) is 44.5 Å². The fourth-order valence-electron chi connectivity index (χ4n) is 12.7. The summed E-state index contributed by atoms with van der Waals surface area (Å²) in [6.45, 7) is 8.55. The SMILES string of the molecule is C=C/C=C(\C=C/Cc1ccc(N(c2ccccc2)c2ccc(-c3ccccc3)cc2)cc1)N(c1ccccc1)c1ccc(-c2ccc(-c3ccc(N(c4ccccc4)C(/C=C\C(=C/C)c4ccc(N(c5ccccc5)c5ccc(-c6ccccc6)cc5)cc4)CC)cc3)cc2)cc1. The Morgan fingerprint density at radius 1 is 0.330 bits per heavy atom. The predicted octanol–water partition coefficient (Wildman–Crippen LogP) is 25.9. The lowest BCUT2D eigenvalue weighted by molar-refractivity contribution is 0.750. The van der Waals surface area contributed by atoms with E-state index in [1.807, 2.05) is 6.08 Å². The monoisotopic (exact) mass is 1250 g/mol. The van der Waals surface area contributed by atoms with Gasteiger partial charge in [0.05, 0.1) is 6.04 Å². The minimum atomic E-state index is 0.0884. The predicted molar refractivity (Wildman–Crippen MR) is 416 cm³/mol. The van der Waals surface area contributed by atoms with Crippen LogP contribution in [0, 0.1) is 0 Å². The van der Waals surface area contributed by atoms with E-state index in [1.165, 1.54) is 33.4 Å². The molecular formula is C93H78N4. The van der Waals surface area contributed by atoms with Crippen molar-refractivity contribution in [1.82, 2.24) is 0 Å². The molecule has 0 spiro atoms. The number of allylic oxidation sites excluding steroid dienone is 7. The Labute approximate surface area is 573 Å². The van der Waals surface area contributed by atoms with E-state index in [-0.39, 0.29) is 6.04 Å². The van der Waals surface area contributed by atoms with E-state index in [0.29, 0.717) is 0 Å². The molecule has 0 aromatic heterocycles. The average molecular weight is 1250 g/mol. The lowest BCUT2D eigenvalue weighted by Crippen LogP contribution is -2.28. The lowest BCUT2D eigenvalue weighted by atomic mass is 9.99. The quantitative estimate of drug-likeness (QED) is 0.0559. The molecule has 0 N–H and O–H groups in total. The Morgan fingerprint density at radius 2 is 0.629 bits per heavy atom. The third-order valence-electron chi connectivity index (χ3n) is 17.8. The number of para-hydroxylation sites is 4. The van der Waals surface area contributed by atoms with Gasteiger partial charge >= 0.3 is 0 Å². The van der Waals surface area contributed by atoms with E-state index in [1.54, 1.807) is 0 Å². The van der Waals surface area contributed by atoms with E-state index >= 15 is 0 Å². The first kappa shape index (κ1) is 63.5. The second-order valence-electron chi connectivity index (χ2n) is 23.9. The van der Waals surface area contributed by atoms with Crippen LogP contribution in [0.2, 0.25) is 0 Å². The minimum absolute atomic E-state index is 0.0884. The minimum Gasteiger partial charge on any atom is -0.335 e. The maximum atomic E-state index is 4.15. The average Bonchev–Trinajstić information content (AvgIpc) is 1.08. The molecule has 0 aliphatic rings. The number of rotatable bonds is 24. The topological polar surface area (TPSA) is 13.0 Å². The third kappa shape index (κ3) is 15.2. The molecule has 13 rings (SSSR count). The lowest BCUT2D eigenvalue weighted by Gasteiger charge is -2.32. The summed E-state index contributed by atoms with van der Waals surface area (Å²) in [5, 5.41) is 0. The van der Waals surface area contributed by atoms with Crippen molar-refractivity contribution < 1.29 is 0 Å². The largest absolute Gasteiger partial charge is 0.335 e. The number of benzene rings is 13. The fraction of sp³-hybridized carbons (Fsp3) is 0.0538. The first-order chi connectivity index (χ1) is 48.0. The van der Waals surface area contributed by atoms with E-state index < -0.39 is 0 Å². The van der Waals surface area contributed by atoms with Crippen LogP contribution >= 0.6 is 0 Å². The number of nitrogens with zero attached hydrogens (tertiary/aromatic N) is 4. The molecule has 4 heteroatoms. The molecule has 0 heterocycles. The van der Waals surface area contributed by atoms with Crippen LogP contribution in [0.1, 0.15) is 31.4 Å². The molecule has 13 aromatic carbocycles. The van der Waals surface area contributed by atoms with Gasteiger partial charge in [-0.25, -0.2) is 0 Å².